The van der Waals surface area contributed by atoms with E-state index >= 15 is 0 Å². The highest BCUT2D eigenvalue weighted by atomic mass is 19.1. The first-order chi connectivity index (χ1) is 6.69. The quantitative estimate of drug-likeness (QED) is 0.651. The summed E-state index contributed by atoms with van der Waals surface area (Å²) in [7, 11) is 0. The molecule has 2 heterocycles. The minimum Gasteiger partial charge on any atom is -0.341 e. The minimum absolute atomic E-state index is 0.187. The smallest absolute Gasteiger partial charge is 0.228 e. The fourth-order valence-corrected chi connectivity index (χ4v) is 2.78. The van der Waals surface area contributed by atoms with E-state index in [0.717, 1.165) is 26.2 Å². The molecule has 0 bridgehead atoms. The Morgan fingerprint density at radius 2 is 2.00 bits per heavy atom. The van der Waals surface area contributed by atoms with E-state index in [4.69, 9.17) is 0 Å². The number of carbonyl (C=O) groups is 1. The Kier molecular flexibility index (Phi) is 1.66. The van der Waals surface area contributed by atoms with Gasteiger partial charge in [-0.15, -0.1) is 0 Å². The van der Waals surface area contributed by atoms with Crippen LogP contribution >= 0.6 is 0 Å². The van der Waals surface area contributed by atoms with E-state index in [1.165, 1.54) is 0 Å². The van der Waals surface area contributed by atoms with Gasteiger partial charge in [-0.25, -0.2) is 4.39 Å². The molecule has 1 spiro atoms. The fraction of sp³-hybridized carbons (Fsp3) is 0.900. The predicted molar refractivity (Wildman–Crippen MR) is 49.5 cm³/mol. The van der Waals surface area contributed by atoms with E-state index in [1.807, 2.05) is 4.90 Å². The molecule has 0 aromatic carbocycles. The molecule has 0 radical (unpaired) electrons. The summed E-state index contributed by atoms with van der Waals surface area (Å²) < 4.78 is 12.7. The SMILES string of the molecule is O=C(C1CNC1)N1CC2(CC(F)C2)C1. The highest BCUT2D eigenvalue weighted by molar-refractivity contribution is 5.81. The van der Waals surface area contributed by atoms with Gasteiger partial charge in [0.05, 0.1) is 5.92 Å². The van der Waals surface area contributed by atoms with Crippen molar-refractivity contribution in [2.45, 2.75) is 19.0 Å². The summed E-state index contributed by atoms with van der Waals surface area (Å²) in [5.41, 5.74) is 0.187. The Labute approximate surface area is 82.6 Å². The number of hydrogen-bond acceptors (Lipinski definition) is 2. The van der Waals surface area contributed by atoms with Crippen LogP contribution in [-0.2, 0) is 4.79 Å². The fourth-order valence-electron chi connectivity index (χ4n) is 2.78. The maximum absolute atomic E-state index is 12.7. The molecule has 0 aromatic rings. The summed E-state index contributed by atoms with van der Waals surface area (Å²) >= 11 is 0. The second-order valence-electron chi connectivity index (χ2n) is 5.06. The van der Waals surface area contributed by atoms with Crippen LogP contribution in [0.25, 0.3) is 0 Å². The molecule has 3 fully saturated rings. The molecule has 78 valence electrons. The van der Waals surface area contributed by atoms with E-state index in [9.17, 15) is 9.18 Å². The lowest BCUT2D eigenvalue weighted by Gasteiger charge is -2.57. The van der Waals surface area contributed by atoms with Crippen LogP contribution in [0.3, 0.4) is 0 Å². The van der Waals surface area contributed by atoms with Crippen molar-refractivity contribution in [2.75, 3.05) is 26.2 Å². The van der Waals surface area contributed by atoms with Gasteiger partial charge in [0.2, 0.25) is 5.91 Å². The van der Waals surface area contributed by atoms with E-state index in [-0.39, 0.29) is 17.2 Å². The molecular formula is C10H15FN2O. The average molecular weight is 198 g/mol. The van der Waals surface area contributed by atoms with Crippen molar-refractivity contribution in [2.24, 2.45) is 11.3 Å². The number of hydrogen-bond donors (Lipinski definition) is 1. The van der Waals surface area contributed by atoms with Gasteiger partial charge in [0, 0.05) is 31.6 Å². The van der Waals surface area contributed by atoms with Crippen molar-refractivity contribution in [3.05, 3.63) is 0 Å². The van der Waals surface area contributed by atoms with Crippen molar-refractivity contribution < 1.29 is 9.18 Å². The standard InChI is InChI=1S/C10H15FN2O/c11-8-1-10(2-8)5-13(6-10)9(14)7-3-12-4-7/h7-8,12H,1-6H2. The summed E-state index contributed by atoms with van der Waals surface area (Å²) in [6.07, 6.45) is 0.761. The van der Waals surface area contributed by atoms with Gasteiger partial charge in [0.15, 0.2) is 0 Å². The highest BCUT2D eigenvalue weighted by Crippen LogP contribution is 2.49. The maximum atomic E-state index is 12.7. The lowest BCUT2D eigenvalue weighted by atomic mass is 9.62. The molecule has 14 heavy (non-hydrogen) atoms. The van der Waals surface area contributed by atoms with Crippen molar-refractivity contribution in [1.29, 1.82) is 0 Å². The van der Waals surface area contributed by atoms with E-state index in [0.29, 0.717) is 12.8 Å². The number of rotatable bonds is 1. The third kappa shape index (κ3) is 1.10. The van der Waals surface area contributed by atoms with Crippen LogP contribution in [0.1, 0.15) is 12.8 Å². The van der Waals surface area contributed by atoms with Crippen molar-refractivity contribution in [3.8, 4) is 0 Å². The second kappa shape index (κ2) is 2.69. The molecule has 0 atom stereocenters. The van der Waals surface area contributed by atoms with Crippen LogP contribution in [-0.4, -0.2) is 43.2 Å². The molecule has 2 aliphatic heterocycles. The first-order valence-electron chi connectivity index (χ1n) is 5.32. The van der Waals surface area contributed by atoms with Gasteiger partial charge in [0.1, 0.15) is 6.17 Å². The monoisotopic (exact) mass is 198 g/mol. The number of alkyl halides is 1. The molecule has 1 aliphatic carbocycles. The molecule has 3 nitrogen and oxygen atoms in total. The molecule has 0 unspecified atom stereocenters. The van der Waals surface area contributed by atoms with Crippen molar-refractivity contribution in [3.63, 3.8) is 0 Å². The first kappa shape index (κ1) is 8.65. The number of nitrogens with zero attached hydrogens (tertiary/aromatic N) is 1. The van der Waals surface area contributed by atoms with Crippen LogP contribution in [0.5, 0.6) is 0 Å². The molecule has 3 aliphatic rings. The van der Waals surface area contributed by atoms with Gasteiger partial charge in [-0.05, 0) is 12.8 Å². The van der Waals surface area contributed by atoms with Crippen LogP contribution in [0.2, 0.25) is 0 Å². The predicted octanol–water partition coefficient (Wildman–Crippen LogP) is 0.166. The lowest BCUT2D eigenvalue weighted by molar-refractivity contribution is -0.162. The van der Waals surface area contributed by atoms with Gasteiger partial charge in [0.25, 0.3) is 0 Å². The van der Waals surface area contributed by atoms with Crippen LogP contribution < -0.4 is 5.32 Å². The zero-order valence-corrected chi connectivity index (χ0v) is 8.13. The normalized spacial score (nSPS) is 30.8. The Morgan fingerprint density at radius 1 is 1.36 bits per heavy atom. The number of halogens is 1. The zero-order chi connectivity index (χ0) is 9.76. The molecule has 4 heteroatoms. The van der Waals surface area contributed by atoms with Gasteiger partial charge in [-0.1, -0.05) is 0 Å². The van der Waals surface area contributed by atoms with Crippen LogP contribution in [0, 0.1) is 11.3 Å². The third-order valence-corrected chi connectivity index (χ3v) is 3.80. The molecule has 1 N–H and O–H groups in total. The summed E-state index contributed by atoms with van der Waals surface area (Å²) in [5.74, 6) is 0.477. The summed E-state index contributed by atoms with van der Waals surface area (Å²) in [6.45, 7) is 3.27. The van der Waals surface area contributed by atoms with Gasteiger partial charge in [-0.3, -0.25) is 4.79 Å². The van der Waals surface area contributed by atoms with Gasteiger partial charge >= 0.3 is 0 Å². The second-order valence-corrected chi connectivity index (χ2v) is 5.06. The van der Waals surface area contributed by atoms with Gasteiger partial charge in [-0.2, -0.15) is 0 Å². The summed E-state index contributed by atoms with van der Waals surface area (Å²) in [6, 6.07) is 0. The largest absolute Gasteiger partial charge is 0.341 e. The highest BCUT2D eigenvalue weighted by Gasteiger charge is 2.54. The minimum atomic E-state index is -0.599. The lowest BCUT2D eigenvalue weighted by Crippen LogP contribution is -2.67. The number of amides is 1. The van der Waals surface area contributed by atoms with Crippen molar-refractivity contribution in [1.82, 2.24) is 10.2 Å². The number of carbonyl (C=O) groups excluding carboxylic acids is 1. The molecular weight excluding hydrogens is 183 g/mol. The summed E-state index contributed by atoms with van der Waals surface area (Å²) in [5, 5.41) is 3.09. The number of likely N-dealkylation sites (tertiary alicyclic amines) is 1. The maximum Gasteiger partial charge on any atom is 0.228 e. The topological polar surface area (TPSA) is 32.3 Å². The average Bonchev–Trinajstić information content (AvgIpc) is 1.89. The third-order valence-electron chi connectivity index (χ3n) is 3.80. The molecule has 0 aromatic heterocycles. The van der Waals surface area contributed by atoms with E-state index < -0.39 is 6.17 Å². The molecule has 3 rings (SSSR count). The number of nitrogens with one attached hydrogen (secondary N) is 1. The first-order valence-corrected chi connectivity index (χ1v) is 5.32. The Hall–Kier alpha value is -0.640. The van der Waals surface area contributed by atoms with Crippen molar-refractivity contribution >= 4 is 5.91 Å². The molecule has 1 amide bonds. The van der Waals surface area contributed by atoms with E-state index in [1.54, 1.807) is 0 Å². The molecule has 1 saturated carbocycles. The van der Waals surface area contributed by atoms with E-state index in [2.05, 4.69) is 5.32 Å². The molecule has 2 saturated heterocycles. The van der Waals surface area contributed by atoms with Gasteiger partial charge < -0.3 is 10.2 Å². The summed E-state index contributed by atoms with van der Waals surface area (Å²) in [4.78, 5) is 13.6. The Balaban J connectivity index is 1.51. The zero-order valence-electron chi connectivity index (χ0n) is 8.13. The van der Waals surface area contributed by atoms with Crippen LogP contribution in [0.4, 0.5) is 4.39 Å². The Morgan fingerprint density at radius 3 is 2.43 bits per heavy atom. The van der Waals surface area contributed by atoms with Crippen LogP contribution in [0.15, 0.2) is 0 Å². The Bertz CT molecular complexity index is 263.